The van der Waals surface area contributed by atoms with Gasteiger partial charge >= 0.3 is 6.18 Å². The summed E-state index contributed by atoms with van der Waals surface area (Å²) in [7, 11) is 0. The number of halogens is 3. The second kappa shape index (κ2) is 3.95. The van der Waals surface area contributed by atoms with Gasteiger partial charge in [-0.2, -0.15) is 13.2 Å². The molecule has 1 atom stereocenters. The van der Waals surface area contributed by atoms with Crippen LogP contribution in [0, 0.1) is 0 Å². The summed E-state index contributed by atoms with van der Waals surface area (Å²) in [4.78, 5) is 0. The molecule has 1 rings (SSSR count). The van der Waals surface area contributed by atoms with Crippen LogP contribution < -0.4 is 5.73 Å². The van der Waals surface area contributed by atoms with Crippen molar-refractivity contribution < 1.29 is 13.2 Å². The van der Waals surface area contributed by atoms with Gasteiger partial charge in [0.25, 0.3) is 0 Å². The molecule has 0 spiro atoms. The summed E-state index contributed by atoms with van der Waals surface area (Å²) in [6.45, 7) is 1.47. The molecule has 0 saturated heterocycles. The van der Waals surface area contributed by atoms with Crippen LogP contribution >= 0.6 is 0 Å². The van der Waals surface area contributed by atoms with Crippen molar-refractivity contribution in [3.63, 3.8) is 0 Å². The van der Waals surface area contributed by atoms with Crippen molar-refractivity contribution in [2.75, 3.05) is 0 Å². The first kappa shape index (κ1) is 11.0. The van der Waals surface area contributed by atoms with Crippen molar-refractivity contribution in [1.82, 2.24) is 15.0 Å². The van der Waals surface area contributed by atoms with E-state index in [1.165, 1.54) is 6.20 Å². The minimum Gasteiger partial charge on any atom is -0.323 e. The Morgan fingerprint density at radius 2 is 2.21 bits per heavy atom. The van der Waals surface area contributed by atoms with Crippen LogP contribution in [-0.4, -0.2) is 21.2 Å². The molecule has 0 fully saturated rings. The van der Waals surface area contributed by atoms with Crippen molar-refractivity contribution in [2.45, 2.75) is 32.1 Å². The smallest absolute Gasteiger partial charge is 0.323 e. The van der Waals surface area contributed by atoms with Gasteiger partial charge in [0.05, 0.1) is 24.9 Å². The Bertz CT molecular complexity index is 291. The first-order chi connectivity index (χ1) is 6.38. The minimum absolute atomic E-state index is 0.219. The third-order valence-electron chi connectivity index (χ3n) is 1.65. The highest BCUT2D eigenvalue weighted by Gasteiger charge is 2.26. The van der Waals surface area contributed by atoms with Crippen LogP contribution in [0.25, 0.3) is 0 Å². The van der Waals surface area contributed by atoms with Crippen LogP contribution in [0.1, 0.15) is 25.1 Å². The number of alkyl halides is 3. The van der Waals surface area contributed by atoms with E-state index in [0.29, 0.717) is 5.69 Å². The van der Waals surface area contributed by atoms with Gasteiger partial charge in [0.1, 0.15) is 0 Å². The third kappa shape index (κ3) is 3.33. The minimum atomic E-state index is -4.17. The zero-order valence-electron chi connectivity index (χ0n) is 7.62. The molecule has 14 heavy (non-hydrogen) atoms. The maximum atomic E-state index is 11.8. The molecule has 0 aromatic carbocycles. The molecule has 2 N–H and O–H groups in total. The summed E-state index contributed by atoms with van der Waals surface area (Å²) in [6, 6.07) is -0.311. The molecular formula is C7H11F3N4. The van der Waals surface area contributed by atoms with Gasteiger partial charge < -0.3 is 5.73 Å². The number of hydrogen-bond acceptors (Lipinski definition) is 3. The van der Waals surface area contributed by atoms with E-state index in [1.807, 2.05) is 0 Å². The van der Waals surface area contributed by atoms with Crippen molar-refractivity contribution in [3.8, 4) is 0 Å². The maximum absolute atomic E-state index is 11.8. The quantitative estimate of drug-likeness (QED) is 0.813. The van der Waals surface area contributed by atoms with E-state index in [-0.39, 0.29) is 12.6 Å². The molecule has 1 aromatic heterocycles. The van der Waals surface area contributed by atoms with Crippen molar-refractivity contribution in [2.24, 2.45) is 5.73 Å². The molecule has 7 heteroatoms. The van der Waals surface area contributed by atoms with Crippen LogP contribution in [0.3, 0.4) is 0 Å². The lowest BCUT2D eigenvalue weighted by molar-refractivity contribution is -0.137. The van der Waals surface area contributed by atoms with Crippen LogP contribution in [0.4, 0.5) is 13.2 Å². The van der Waals surface area contributed by atoms with Gasteiger partial charge in [-0.3, -0.25) is 4.68 Å². The lowest BCUT2D eigenvalue weighted by Gasteiger charge is -2.04. The van der Waals surface area contributed by atoms with Gasteiger partial charge in [-0.15, -0.1) is 5.10 Å². The van der Waals surface area contributed by atoms with Crippen LogP contribution in [0.15, 0.2) is 6.20 Å². The Morgan fingerprint density at radius 1 is 1.57 bits per heavy atom. The lowest BCUT2D eigenvalue weighted by Crippen LogP contribution is -2.12. The highest BCUT2D eigenvalue weighted by atomic mass is 19.4. The predicted octanol–water partition coefficient (Wildman–Crippen LogP) is 1.25. The molecule has 0 radical (unpaired) electrons. The zero-order valence-corrected chi connectivity index (χ0v) is 7.62. The molecule has 80 valence electrons. The summed E-state index contributed by atoms with van der Waals surface area (Å²) in [6.07, 6.45) is -3.65. The molecule has 0 amide bonds. The topological polar surface area (TPSA) is 56.7 Å². The molecule has 0 aliphatic rings. The average molecular weight is 208 g/mol. The number of aromatic nitrogens is 3. The number of aryl methyl sites for hydroxylation is 1. The molecule has 0 saturated carbocycles. The molecule has 0 aliphatic heterocycles. The fraction of sp³-hybridized carbons (Fsp3) is 0.714. The molecule has 1 heterocycles. The molecule has 0 aliphatic carbocycles. The predicted molar refractivity (Wildman–Crippen MR) is 43.3 cm³/mol. The summed E-state index contributed by atoms with van der Waals surface area (Å²) >= 11 is 0. The summed E-state index contributed by atoms with van der Waals surface area (Å²) in [5, 5.41) is 7.16. The van der Waals surface area contributed by atoms with E-state index >= 15 is 0 Å². The Hall–Kier alpha value is -1.11. The van der Waals surface area contributed by atoms with Gasteiger partial charge in [0, 0.05) is 6.04 Å². The Labute approximate surface area is 78.9 Å². The largest absolute Gasteiger partial charge is 0.390 e. The number of nitrogens with zero attached hydrogens (tertiary/aromatic N) is 3. The SMILES string of the molecule is CC(N)c1cn(CCC(F)(F)F)nn1. The number of hydrogen-bond donors (Lipinski definition) is 1. The zero-order chi connectivity index (χ0) is 10.8. The van der Waals surface area contributed by atoms with Gasteiger partial charge in [-0.1, -0.05) is 5.21 Å². The monoisotopic (exact) mass is 208 g/mol. The highest BCUT2D eigenvalue weighted by Crippen LogP contribution is 2.20. The second-order valence-corrected chi connectivity index (χ2v) is 3.06. The van der Waals surface area contributed by atoms with Gasteiger partial charge in [-0.05, 0) is 6.92 Å². The van der Waals surface area contributed by atoms with Gasteiger partial charge in [0.15, 0.2) is 0 Å². The maximum Gasteiger partial charge on any atom is 0.390 e. The van der Waals surface area contributed by atoms with E-state index in [1.54, 1.807) is 6.92 Å². The molecule has 0 bridgehead atoms. The highest BCUT2D eigenvalue weighted by molar-refractivity contribution is 4.97. The molecule has 4 nitrogen and oxygen atoms in total. The summed E-state index contributed by atoms with van der Waals surface area (Å²) in [5.41, 5.74) is 5.96. The van der Waals surface area contributed by atoms with Crippen LogP contribution in [0.2, 0.25) is 0 Å². The van der Waals surface area contributed by atoms with E-state index < -0.39 is 12.6 Å². The van der Waals surface area contributed by atoms with Gasteiger partial charge in [0.2, 0.25) is 0 Å². The normalized spacial score (nSPS) is 14.4. The van der Waals surface area contributed by atoms with Crippen molar-refractivity contribution >= 4 is 0 Å². The summed E-state index contributed by atoms with van der Waals surface area (Å²) < 4.78 is 36.6. The Balaban J connectivity index is 2.52. The van der Waals surface area contributed by atoms with Crippen molar-refractivity contribution in [3.05, 3.63) is 11.9 Å². The number of rotatable bonds is 3. The average Bonchev–Trinajstić information content (AvgIpc) is 2.47. The molecular weight excluding hydrogens is 197 g/mol. The van der Waals surface area contributed by atoms with Crippen LogP contribution in [-0.2, 0) is 6.54 Å². The fourth-order valence-corrected chi connectivity index (χ4v) is 0.873. The molecule has 1 unspecified atom stereocenters. The number of nitrogens with two attached hydrogens (primary N) is 1. The van der Waals surface area contributed by atoms with E-state index in [9.17, 15) is 13.2 Å². The van der Waals surface area contributed by atoms with E-state index in [2.05, 4.69) is 10.3 Å². The van der Waals surface area contributed by atoms with Crippen LogP contribution in [0.5, 0.6) is 0 Å². The van der Waals surface area contributed by atoms with E-state index in [0.717, 1.165) is 4.68 Å². The van der Waals surface area contributed by atoms with E-state index in [4.69, 9.17) is 5.73 Å². The summed E-state index contributed by atoms with van der Waals surface area (Å²) in [5.74, 6) is 0. The van der Waals surface area contributed by atoms with Gasteiger partial charge in [-0.25, -0.2) is 0 Å². The standard InChI is InChI=1S/C7H11F3N4/c1-5(11)6-4-14(13-12-6)3-2-7(8,9)10/h4-5H,2-3,11H2,1H3. The Morgan fingerprint density at radius 3 is 2.64 bits per heavy atom. The lowest BCUT2D eigenvalue weighted by atomic mass is 10.3. The first-order valence-corrected chi connectivity index (χ1v) is 4.11. The van der Waals surface area contributed by atoms with Crippen molar-refractivity contribution in [1.29, 1.82) is 0 Å². The molecule has 1 aromatic rings. The first-order valence-electron chi connectivity index (χ1n) is 4.11. The third-order valence-corrected chi connectivity index (χ3v) is 1.65. The fourth-order valence-electron chi connectivity index (χ4n) is 0.873. The second-order valence-electron chi connectivity index (χ2n) is 3.06. The Kier molecular flexibility index (Phi) is 3.10.